The molecule has 1 aliphatic heterocycles. The first kappa shape index (κ1) is 20.8. The summed E-state index contributed by atoms with van der Waals surface area (Å²) in [5.74, 6) is -0.452. The van der Waals surface area contributed by atoms with Crippen LogP contribution in [0.3, 0.4) is 0 Å². The van der Waals surface area contributed by atoms with E-state index in [4.69, 9.17) is 9.47 Å². The van der Waals surface area contributed by atoms with Gasteiger partial charge in [0.25, 0.3) is 0 Å². The summed E-state index contributed by atoms with van der Waals surface area (Å²) in [7, 11) is -2.07. The lowest BCUT2D eigenvalue weighted by Gasteiger charge is -2.45. The van der Waals surface area contributed by atoms with Crippen LogP contribution in [0, 0.1) is 11.3 Å². The second-order valence-corrected chi connectivity index (χ2v) is 14.1. The maximum Gasteiger partial charge on any atom is 0.314 e. The van der Waals surface area contributed by atoms with E-state index in [-0.39, 0.29) is 28.9 Å². The molecule has 0 N–H and O–H groups in total. The zero-order valence-corrected chi connectivity index (χ0v) is 18.8. The summed E-state index contributed by atoms with van der Waals surface area (Å²) in [5.41, 5.74) is 1.01. The van der Waals surface area contributed by atoms with E-state index in [0.717, 1.165) is 0 Å². The number of ether oxygens (including phenoxy) is 2. The molecule has 0 aliphatic carbocycles. The fourth-order valence-corrected chi connectivity index (χ4v) is 7.99. The molecule has 1 fully saturated rings. The molecule has 1 saturated heterocycles. The van der Waals surface area contributed by atoms with E-state index in [2.05, 4.69) is 61.6 Å². The zero-order valence-electron chi connectivity index (χ0n) is 17.8. The van der Waals surface area contributed by atoms with Crippen LogP contribution in [0.1, 0.15) is 38.8 Å². The summed E-state index contributed by atoms with van der Waals surface area (Å²) in [6, 6.07) is 21.0. The van der Waals surface area contributed by atoms with Crippen molar-refractivity contribution in [3.05, 3.63) is 66.2 Å². The molecule has 0 amide bonds. The third kappa shape index (κ3) is 4.08. The Balaban J connectivity index is 2.05. The Hall–Kier alpha value is -1.91. The molecule has 0 saturated carbocycles. The summed E-state index contributed by atoms with van der Waals surface area (Å²) in [4.78, 5) is 13.3. The van der Waals surface area contributed by atoms with Crippen molar-refractivity contribution in [3.8, 4) is 0 Å². The maximum absolute atomic E-state index is 13.3. The number of hydrogen-bond acceptors (Lipinski definition) is 3. The summed E-state index contributed by atoms with van der Waals surface area (Å²) in [6.07, 6.45) is -0.713. The predicted molar refractivity (Wildman–Crippen MR) is 116 cm³/mol. The molecule has 2 aromatic rings. The van der Waals surface area contributed by atoms with Crippen LogP contribution < -0.4 is 5.19 Å². The molecule has 3 nitrogen and oxygen atoms in total. The number of cyclic esters (lactones) is 1. The van der Waals surface area contributed by atoms with Crippen molar-refractivity contribution in [3.63, 3.8) is 0 Å². The van der Waals surface area contributed by atoms with Crippen molar-refractivity contribution in [2.75, 3.05) is 0 Å². The van der Waals surface area contributed by atoms with Gasteiger partial charge in [0.1, 0.15) is 0 Å². The molecule has 3 rings (SSSR count). The molecule has 1 aliphatic rings. The van der Waals surface area contributed by atoms with Crippen LogP contribution in [-0.4, -0.2) is 26.4 Å². The third-order valence-corrected chi connectivity index (χ3v) is 9.93. The van der Waals surface area contributed by atoms with Gasteiger partial charge < -0.3 is 9.47 Å². The number of hydrogen-bond donors (Lipinski definition) is 0. The van der Waals surface area contributed by atoms with Gasteiger partial charge in [0.2, 0.25) is 6.29 Å². The topological polar surface area (TPSA) is 35.5 Å². The molecule has 2 aromatic carbocycles. The molecule has 0 spiro atoms. The van der Waals surface area contributed by atoms with Crippen molar-refractivity contribution in [2.45, 2.75) is 58.7 Å². The van der Waals surface area contributed by atoms with E-state index in [9.17, 15) is 4.79 Å². The van der Waals surface area contributed by atoms with Crippen LogP contribution in [0.15, 0.2) is 60.7 Å². The van der Waals surface area contributed by atoms with Crippen LogP contribution in [0.5, 0.6) is 0 Å². The number of esters is 1. The molecule has 1 heterocycles. The van der Waals surface area contributed by atoms with E-state index >= 15 is 0 Å². The highest BCUT2D eigenvalue weighted by Gasteiger charge is 2.50. The molecule has 28 heavy (non-hydrogen) atoms. The quantitative estimate of drug-likeness (QED) is 0.546. The molecular formula is C24H32O3Si. The first-order valence-corrected chi connectivity index (χ1v) is 13.2. The van der Waals surface area contributed by atoms with Gasteiger partial charge in [-0.15, -0.1) is 0 Å². The van der Waals surface area contributed by atoms with Gasteiger partial charge in [-0.25, -0.2) is 0 Å². The molecule has 0 radical (unpaired) electrons. The summed E-state index contributed by atoms with van der Waals surface area (Å²) < 4.78 is 12.1. The second-order valence-electron chi connectivity index (χ2n) is 9.48. The Kier molecular flexibility index (Phi) is 5.83. The van der Waals surface area contributed by atoms with Crippen molar-refractivity contribution in [1.29, 1.82) is 0 Å². The Morgan fingerprint density at radius 3 is 1.96 bits per heavy atom. The summed E-state index contributed by atoms with van der Waals surface area (Å²) >= 11 is 0. The highest BCUT2D eigenvalue weighted by molar-refractivity contribution is 6.91. The van der Waals surface area contributed by atoms with Crippen molar-refractivity contribution < 1.29 is 14.3 Å². The van der Waals surface area contributed by atoms with Crippen LogP contribution >= 0.6 is 0 Å². The average Bonchev–Trinajstić information content (AvgIpc) is 2.65. The minimum atomic E-state index is -2.07. The minimum absolute atomic E-state index is 0.0690. The lowest BCUT2D eigenvalue weighted by molar-refractivity contribution is -0.254. The van der Waals surface area contributed by atoms with Gasteiger partial charge in [0, 0.05) is 5.41 Å². The smallest absolute Gasteiger partial charge is 0.314 e. The lowest BCUT2D eigenvalue weighted by Crippen LogP contribution is -2.57. The Bertz CT molecular complexity index is 796. The number of carbonyl (C=O) groups is 1. The van der Waals surface area contributed by atoms with Gasteiger partial charge in [0.15, 0.2) is 0 Å². The van der Waals surface area contributed by atoms with Crippen LogP contribution in [-0.2, 0) is 14.3 Å². The Morgan fingerprint density at radius 1 is 0.929 bits per heavy atom. The van der Waals surface area contributed by atoms with Crippen LogP contribution in [0.2, 0.25) is 13.1 Å². The molecular weight excluding hydrogens is 364 g/mol. The number of rotatable bonds is 4. The van der Waals surface area contributed by atoms with Gasteiger partial charge in [-0.2, -0.15) is 0 Å². The lowest BCUT2D eigenvalue weighted by atomic mass is 9.90. The zero-order chi connectivity index (χ0) is 20.5. The first-order valence-electron chi connectivity index (χ1n) is 10.1. The number of carbonyl (C=O) groups excluding carboxylic acids is 1. The normalized spacial score (nSPS) is 24.5. The second kappa shape index (κ2) is 7.84. The van der Waals surface area contributed by atoms with E-state index in [1.165, 1.54) is 10.8 Å². The summed E-state index contributed by atoms with van der Waals surface area (Å²) in [6.45, 7) is 12.8. The Labute approximate surface area is 170 Å². The molecule has 4 heteroatoms. The monoisotopic (exact) mass is 396 g/mol. The average molecular weight is 397 g/mol. The SMILES string of the molecule is CC1OC(C(C)(C)C)OC(=O)C1C(c1ccccc1)[Si](C)(C)c1ccccc1. The van der Waals surface area contributed by atoms with Crippen molar-refractivity contribution in [1.82, 2.24) is 0 Å². The molecule has 150 valence electrons. The highest BCUT2D eigenvalue weighted by Crippen LogP contribution is 2.41. The van der Waals surface area contributed by atoms with E-state index in [1.54, 1.807) is 0 Å². The third-order valence-electron chi connectivity index (χ3n) is 5.86. The van der Waals surface area contributed by atoms with Crippen LogP contribution in [0.4, 0.5) is 0 Å². The van der Waals surface area contributed by atoms with Gasteiger partial charge >= 0.3 is 5.97 Å². The van der Waals surface area contributed by atoms with Gasteiger partial charge in [-0.1, -0.05) is 99.7 Å². The molecule has 4 unspecified atom stereocenters. The Morgan fingerprint density at radius 2 is 1.46 bits per heavy atom. The van der Waals surface area contributed by atoms with E-state index in [1.807, 2.05) is 39.8 Å². The largest absolute Gasteiger partial charge is 0.435 e. The molecule has 0 bridgehead atoms. The standard InChI is InChI=1S/C24H32O3Si/c1-17-20(22(25)27-23(26-17)24(2,3)4)21(18-13-9-7-10-14-18)28(5,6)19-15-11-8-12-16-19/h7-17,20-21,23H,1-6H3. The van der Waals surface area contributed by atoms with Gasteiger partial charge in [0.05, 0.1) is 20.1 Å². The van der Waals surface area contributed by atoms with Crippen molar-refractivity contribution >= 4 is 19.2 Å². The highest BCUT2D eigenvalue weighted by atomic mass is 28.3. The van der Waals surface area contributed by atoms with Gasteiger partial charge in [-0.05, 0) is 18.0 Å². The molecule has 0 aromatic heterocycles. The van der Waals surface area contributed by atoms with Gasteiger partial charge in [-0.3, -0.25) is 4.79 Å². The van der Waals surface area contributed by atoms with E-state index < -0.39 is 14.4 Å². The van der Waals surface area contributed by atoms with Crippen molar-refractivity contribution in [2.24, 2.45) is 11.3 Å². The maximum atomic E-state index is 13.3. The fourth-order valence-electron chi connectivity index (χ4n) is 4.25. The minimum Gasteiger partial charge on any atom is -0.435 e. The summed E-state index contributed by atoms with van der Waals surface area (Å²) in [5, 5.41) is 1.33. The number of benzene rings is 2. The van der Waals surface area contributed by atoms with E-state index in [0.29, 0.717) is 0 Å². The first-order chi connectivity index (χ1) is 13.1. The fraction of sp³-hybridized carbons (Fsp3) is 0.458. The van der Waals surface area contributed by atoms with Crippen LogP contribution in [0.25, 0.3) is 0 Å². The predicted octanol–water partition coefficient (Wildman–Crippen LogP) is 4.88. The molecule has 4 atom stereocenters.